The summed E-state index contributed by atoms with van der Waals surface area (Å²) in [5.41, 5.74) is 5.12. The van der Waals surface area contributed by atoms with Crippen molar-refractivity contribution in [3.05, 3.63) is 0 Å². The smallest absolute Gasteiger partial charge is 0.238 e. The number of nitrogens with one attached hydrogen (secondary N) is 1. The van der Waals surface area contributed by atoms with Crippen molar-refractivity contribution in [2.75, 3.05) is 19.8 Å². The molecule has 0 aliphatic heterocycles. The van der Waals surface area contributed by atoms with E-state index >= 15 is 0 Å². The van der Waals surface area contributed by atoms with Crippen molar-refractivity contribution in [1.82, 2.24) is 5.32 Å². The number of likely N-dealkylation sites (N-methyl/N-ethyl adjacent to an activating group) is 1. The fraction of sp³-hybridized carbons (Fsp3) is 0.923. The SMILES string of the molecule is CCCOCCC1CCCC1(NCC)C(N)=O. The quantitative estimate of drug-likeness (QED) is 0.633. The van der Waals surface area contributed by atoms with Gasteiger partial charge < -0.3 is 15.8 Å². The van der Waals surface area contributed by atoms with Crippen molar-refractivity contribution in [3.8, 4) is 0 Å². The number of carbonyl (C=O) groups excluding carboxylic acids is 1. The van der Waals surface area contributed by atoms with Crippen LogP contribution in [0.15, 0.2) is 0 Å². The van der Waals surface area contributed by atoms with Crippen molar-refractivity contribution in [3.63, 3.8) is 0 Å². The molecule has 0 radical (unpaired) electrons. The number of hydrogen-bond acceptors (Lipinski definition) is 3. The molecule has 1 aliphatic carbocycles. The molecule has 4 heteroatoms. The van der Waals surface area contributed by atoms with Crippen LogP contribution < -0.4 is 11.1 Å². The summed E-state index contributed by atoms with van der Waals surface area (Å²) in [6.07, 6.45) is 4.99. The molecular weight excluding hydrogens is 216 g/mol. The van der Waals surface area contributed by atoms with Crippen LogP contribution in [0.3, 0.4) is 0 Å². The van der Waals surface area contributed by atoms with Gasteiger partial charge in [0.1, 0.15) is 5.54 Å². The van der Waals surface area contributed by atoms with Gasteiger partial charge in [-0.1, -0.05) is 20.3 Å². The molecule has 2 unspecified atom stereocenters. The number of hydrogen-bond donors (Lipinski definition) is 2. The van der Waals surface area contributed by atoms with Crippen LogP contribution in [0.2, 0.25) is 0 Å². The monoisotopic (exact) mass is 242 g/mol. The maximum atomic E-state index is 11.7. The molecular formula is C13H26N2O2. The highest BCUT2D eigenvalue weighted by atomic mass is 16.5. The van der Waals surface area contributed by atoms with Gasteiger partial charge in [-0.05, 0) is 38.1 Å². The van der Waals surface area contributed by atoms with E-state index in [1.54, 1.807) is 0 Å². The minimum absolute atomic E-state index is 0.197. The third-order valence-electron chi connectivity index (χ3n) is 3.71. The third-order valence-corrected chi connectivity index (χ3v) is 3.71. The average Bonchev–Trinajstić information content (AvgIpc) is 2.70. The first kappa shape index (κ1) is 14.5. The molecule has 0 saturated heterocycles. The molecule has 0 aromatic carbocycles. The largest absolute Gasteiger partial charge is 0.381 e. The topological polar surface area (TPSA) is 64.3 Å². The molecule has 1 rings (SSSR count). The van der Waals surface area contributed by atoms with Gasteiger partial charge in [-0.2, -0.15) is 0 Å². The summed E-state index contributed by atoms with van der Waals surface area (Å²) in [6, 6.07) is 0. The van der Waals surface area contributed by atoms with Gasteiger partial charge in [0.2, 0.25) is 5.91 Å². The van der Waals surface area contributed by atoms with E-state index in [1.807, 2.05) is 6.92 Å². The fourth-order valence-corrected chi connectivity index (χ4v) is 2.90. The molecule has 3 N–H and O–H groups in total. The first-order valence-corrected chi connectivity index (χ1v) is 6.80. The van der Waals surface area contributed by atoms with Crippen LogP contribution in [0.4, 0.5) is 0 Å². The zero-order valence-electron chi connectivity index (χ0n) is 11.1. The molecule has 1 aliphatic rings. The minimum Gasteiger partial charge on any atom is -0.381 e. The van der Waals surface area contributed by atoms with Gasteiger partial charge in [0.25, 0.3) is 0 Å². The molecule has 0 bridgehead atoms. The minimum atomic E-state index is -0.482. The van der Waals surface area contributed by atoms with Crippen molar-refractivity contribution < 1.29 is 9.53 Å². The second kappa shape index (κ2) is 6.97. The standard InChI is InChI=1S/C13H26N2O2/c1-3-9-17-10-7-11-6-5-8-13(11,12(14)16)15-4-2/h11,15H,3-10H2,1-2H3,(H2,14,16). The summed E-state index contributed by atoms with van der Waals surface area (Å²) in [5, 5.41) is 3.32. The van der Waals surface area contributed by atoms with E-state index in [-0.39, 0.29) is 5.91 Å². The summed E-state index contributed by atoms with van der Waals surface area (Å²) in [4.78, 5) is 11.7. The molecule has 0 heterocycles. The van der Waals surface area contributed by atoms with Gasteiger partial charge >= 0.3 is 0 Å². The highest BCUT2D eigenvalue weighted by Crippen LogP contribution is 2.37. The Hall–Kier alpha value is -0.610. The predicted octanol–water partition coefficient (Wildman–Crippen LogP) is 1.44. The maximum absolute atomic E-state index is 11.7. The van der Waals surface area contributed by atoms with Gasteiger partial charge in [0.15, 0.2) is 0 Å². The molecule has 0 aromatic rings. The van der Waals surface area contributed by atoms with Crippen LogP contribution in [0.5, 0.6) is 0 Å². The second-order valence-corrected chi connectivity index (χ2v) is 4.86. The fourth-order valence-electron chi connectivity index (χ4n) is 2.90. The van der Waals surface area contributed by atoms with Gasteiger partial charge in [-0.25, -0.2) is 0 Å². The predicted molar refractivity (Wildman–Crippen MR) is 68.7 cm³/mol. The number of amides is 1. The van der Waals surface area contributed by atoms with Gasteiger partial charge in [0.05, 0.1) is 0 Å². The van der Waals surface area contributed by atoms with Crippen LogP contribution in [0, 0.1) is 5.92 Å². The van der Waals surface area contributed by atoms with E-state index in [2.05, 4.69) is 12.2 Å². The maximum Gasteiger partial charge on any atom is 0.238 e. The van der Waals surface area contributed by atoms with Gasteiger partial charge in [-0.3, -0.25) is 4.79 Å². The Morgan fingerprint density at radius 3 is 2.82 bits per heavy atom. The lowest BCUT2D eigenvalue weighted by Crippen LogP contribution is -2.58. The van der Waals surface area contributed by atoms with E-state index in [9.17, 15) is 4.79 Å². The number of carbonyl (C=O) groups is 1. The first-order valence-electron chi connectivity index (χ1n) is 6.80. The normalized spacial score (nSPS) is 28.5. The van der Waals surface area contributed by atoms with Gasteiger partial charge in [-0.15, -0.1) is 0 Å². The second-order valence-electron chi connectivity index (χ2n) is 4.86. The number of nitrogens with two attached hydrogens (primary N) is 1. The molecule has 4 nitrogen and oxygen atoms in total. The van der Waals surface area contributed by atoms with Crippen LogP contribution >= 0.6 is 0 Å². The number of ether oxygens (including phenoxy) is 1. The summed E-state index contributed by atoms with van der Waals surface area (Å²) in [7, 11) is 0. The summed E-state index contributed by atoms with van der Waals surface area (Å²) >= 11 is 0. The summed E-state index contributed by atoms with van der Waals surface area (Å²) in [6.45, 7) is 6.45. The molecule has 0 spiro atoms. The Bertz CT molecular complexity index is 246. The van der Waals surface area contributed by atoms with Crippen LogP contribution in [0.1, 0.15) is 46.0 Å². The Kier molecular flexibility index (Phi) is 5.92. The summed E-state index contributed by atoms with van der Waals surface area (Å²) < 4.78 is 5.52. The molecule has 1 fully saturated rings. The van der Waals surface area contributed by atoms with E-state index < -0.39 is 5.54 Å². The molecule has 17 heavy (non-hydrogen) atoms. The van der Waals surface area contributed by atoms with Crippen molar-refractivity contribution in [2.45, 2.75) is 51.5 Å². The van der Waals surface area contributed by atoms with Crippen molar-refractivity contribution in [2.24, 2.45) is 11.7 Å². The van der Waals surface area contributed by atoms with Crippen molar-refractivity contribution in [1.29, 1.82) is 0 Å². The first-order chi connectivity index (χ1) is 8.17. The highest BCUT2D eigenvalue weighted by molar-refractivity contribution is 5.85. The average molecular weight is 242 g/mol. The lowest BCUT2D eigenvalue weighted by atomic mass is 9.84. The zero-order chi connectivity index (χ0) is 12.7. The van der Waals surface area contributed by atoms with E-state index in [0.29, 0.717) is 5.92 Å². The van der Waals surface area contributed by atoms with E-state index in [0.717, 1.165) is 51.9 Å². The molecule has 100 valence electrons. The lowest BCUT2D eigenvalue weighted by Gasteiger charge is -2.33. The zero-order valence-corrected chi connectivity index (χ0v) is 11.1. The van der Waals surface area contributed by atoms with Crippen LogP contribution in [-0.4, -0.2) is 31.2 Å². The van der Waals surface area contributed by atoms with Crippen molar-refractivity contribution >= 4 is 5.91 Å². The number of rotatable bonds is 8. The van der Waals surface area contributed by atoms with Gasteiger partial charge in [0, 0.05) is 13.2 Å². The van der Waals surface area contributed by atoms with Crippen LogP contribution in [-0.2, 0) is 9.53 Å². The van der Waals surface area contributed by atoms with Crippen LogP contribution in [0.25, 0.3) is 0 Å². The highest BCUT2D eigenvalue weighted by Gasteiger charge is 2.46. The molecule has 1 saturated carbocycles. The summed E-state index contributed by atoms with van der Waals surface area (Å²) in [5.74, 6) is 0.133. The Labute approximate surface area is 104 Å². The molecule has 1 amide bonds. The number of primary amides is 1. The van der Waals surface area contributed by atoms with E-state index in [4.69, 9.17) is 10.5 Å². The van der Waals surface area contributed by atoms with E-state index in [1.165, 1.54) is 0 Å². The molecule has 0 aromatic heterocycles. The lowest BCUT2D eigenvalue weighted by molar-refractivity contribution is -0.126. The Morgan fingerprint density at radius 2 is 2.24 bits per heavy atom. The Balaban J connectivity index is 2.53. The Morgan fingerprint density at radius 1 is 1.47 bits per heavy atom. The third kappa shape index (κ3) is 3.42. The molecule has 2 atom stereocenters.